The van der Waals surface area contributed by atoms with Crippen LogP contribution in [0.25, 0.3) is 0 Å². The molecule has 4 rings (SSSR count). The summed E-state index contributed by atoms with van der Waals surface area (Å²) in [5.74, 6) is -0.840. The molecule has 2 saturated heterocycles. The minimum absolute atomic E-state index is 0.241. The topological polar surface area (TPSA) is 81.8 Å². The summed E-state index contributed by atoms with van der Waals surface area (Å²) in [6, 6.07) is 13.2. The SMILES string of the molecule is Cc1ccc(C2(C)NC(=O)N(CC(=O)NCC3CCN(c4ccc(F)cc4)C3)C2=O)cc1. The van der Waals surface area contributed by atoms with E-state index < -0.39 is 17.5 Å². The Hall–Kier alpha value is -3.42. The Labute approximate surface area is 186 Å². The van der Waals surface area contributed by atoms with Gasteiger partial charge in [0.25, 0.3) is 5.91 Å². The lowest BCUT2D eigenvalue weighted by molar-refractivity contribution is -0.134. The highest BCUT2D eigenvalue weighted by Crippen LogP contribution is 2.29. The van der Waals surface area contributed by atoms with Gasteiger partial charge in [0.05, 0.1) is 0 Å². The van der Waals surface area contributed by atoms with Gasteiger partial charge in [-0.1, -0.05) is 29.8 Å². The van der Waals surface area contributed by atoms with Crippen molar-refractivity contribution >= 4 is 23.5 Å². The second kappa shape index (κ2) is 8.61. The maximum absolute atomic E-state index is 13.1. The summed E-state index contributed by atoms with van der Waals surface area (Å²) in [6.45, 7) is 5.31. The number of urea groups is 1. The Morgan fingerprint density at radius 3 is 2.53 bits per heavy atom. The van der Waals surface area contributed by atoms with E-state index in [1.807, 2.05) is 31.2 Å². The maximum atomic E-state index is 13.1. The van der Waals surface area contributed by atoms with Gasteiger partial charge in [0.1, 0.15) is 17.9 Å². The zero-order chi connectivity index (χ0) is 22.9. The molecule has 32 heavy (non-hydrogen) atoms. The number of nitrogens with zero attached hydrogens (tertiary/aromatic N) is 2. The molecule has 7 nitrogen and oxygen atoms in total. The lowest BCUT2D eigenvalue weighted by Gasteiger charge is -2.22. The molecule has 168 valence electrons. The first-order valence-electron chi connectivity index (χ1n) is 10.7. The molecule has 0 aromatic heterocycles. The highest BCUT2D eigenvalue weighted by atomic mass is 19.1. The van der Waals surface area contributed by atoms with Crippen LogP contribution in [0.1, 0.15) is 24.5 Å². The standard InChI is InChI=1S/C24H27FN4O3/c1-16-3-5-18(6-4-16)24(2)22(31)29(23(32)27-24)15-21(30)26-13-17-11-12-28(14-17)20-9-7-19(25)8-10-20/h3-10,17H,11-15H2,1-2H3,(H,26,30)(H,27,32). The van der Waals surface area contributed by atoms with Crippen LogP contribution in [-0.2, 0) is 15.1 Å². The van der Waals surface area contributed by atoms with Crippen molar-refractivity contribution in [2.75, 3.05) is 31.1 Å². The maximum Gasteiger partial charge on any atom is 0.325 e. The number of nitrogens with one attached hydrogen (secondary N) is 2. The summed E-state index contributed by atoms with van der Waals surface area (Å²) in [5.41, 5.74) is 1.49. The zero-order valence-corrected chi connectivity index (χ0v) is 18.2. The molecule has 2 N–H and O–H groups in total. The number of rotatable bonds is 6. The van der Waals surface area contributed by atoms with E-state index in [-0.39, 0.29) is 24.2 Å². The highest BCUT2D eigenvalue weighted by Gasteiger charge is 2.49. The van der Waals surface area contributed by atoms with Crippen LogP contribution in [0.2, 0.25) is 0 Å². The van der Waals surface area contributed by atoms with Gasteiger partial charge in [-0.2, -0.15) is 0 Å². The predicted octanol–water partition coefficient (Wildman–Crippen LogP) is 2.54. The van der Waals surface area contributed by atoms with Gasteiger partial charge >= 0.3 is 6.03 Å². The molecule has 4 amide bonds. The van der Waals surface area contributed by atoms with E-state index in [2.05, 4.69) is 15.5 Å². The number of carbonyl (C=O) groups excluding carboxylic acids is 3. The van der Waals surface area contributed by atoms with Crippen molar-refractivity contribution in [3.05, 3.63) is 65.5 Å². The van der Waals surface area contributed by atoms with Gasteiger partial charge in [-0.25, -0.2) is 9.18 Å². The van der Waals surface area contributed by atoms with Crippen LogP contribution in [0.3, 0.4) is 0 Å². The number of anilines is 1. The van der Waals surface area contributed by atoms with E-state index in [4.69, 9.17) is 0 Å². The number of hydrogen-bond acceptors (Lipinski definition) is 4. The van der Waals surface area contributed by atoms with Crippen LogP contribution in [0.4, 0.5) is 14.9 Å². The molecular formula is C24H27FN4O3. The first kappa shape index (κ1) is 21.8. The van der Waals surface area contributed by atoms with Crippen molar-refractivity contribution in [1.82, 2.24) is 15.5 Å². The number of carbonyl (C=O) groups is 3. The quantitative estimate of drug-likeness (QED) is 0.680. The van der Waals surface area contributed by atoms with E-state index in [0.717, 1.165) is 35.7 Å². The van der Waals surface area contributed by atoms with Gasteiger partial charge in [-0.3, -0.25) is 14.5 Å². The summed E-state index contributed by atoms with van der Waals surface area (Å²) in [5, 5.41) is 5.57. The Kier molecular flexibility index (Phi) is 5.86. The first-order chi connectivity index (χ1) is 15.3. The largest absolute Gasteiger partial charge is 0.371 e. The van der Waals surface area contributed by atoms with Crippen LogP contribution in [-0.4, -0.2) is 48.9 Å². The molecule has 2 unspecified atom stereocenters. The van der Waals surface area contributed by atoms with E-state index >= 15 is 0 Å². The van der Waals surface area contributed by atoms with Gasteiger partial charge in [-0.15, -0.1) is 0 Å². The number of halogens is 1. The third-order valence-electron chi connectivity index (χ3n) is 6.27. The van der Waals surface area contributed by atoms with E-state index in [9.17, 15) is 18.8 Å². The molecule has 8 heteroatoms. The fourth-order valence-corrected chi connectivity index (χ4v) is 4.27. The number of benzene rings is 2. The fourth-order valence-electron chi connectivity index (χ4n) is 4.27. The Morgan fingerprint density at radius 1 is 1.16 bits per heavy atom. The zero-order valence-electron chi connectivity index (χ0n) is 18.2. The summed E-state index contributed by atoms with van der Waals surface area (Å²) < 4.78 is 13.1. The molecule has 2 aliphatic rings. The minimum Gasteiger partial charge on any atom is -0.371 e. The molecular weight excluding hydrogens is 411 g/mol. The molecule has 0 bridgehead atoms. The van der Waals surface area contributed by atoms with Gasteiger partial charge in [0, 0.05) is 25.3 Å². The van der Waals surface area contributed by atoms with Crippen LogP contribution < -0.4 is 15.5 Å². The van der Waals surface area contributed by atoms with E-state index in [0.29, 0.717) is 12.1 Å². The first-order valence-corrected chi connectivity index (χ1v) is 10.7. The number of imide groups is 1. The number of amides is 4. The highest BCUT2D eigenvalue weighted by molar-refractivity contribution is 6.09. The molecule has 2 aliphatic heterocycles. The fraction of sp³-hybridized carbons (Fsp3) is 0.375. The Balaban J connectivity index is 1.30. The van der Waals surface area contributed by atoms with Gasteiger partial charge in [-0.05, 0) is 56.0 Å². The molecule has 0 radical (unpaired) electrons. The van der Waals surface area contributed by atoms with Crippen molar-refractivity contribution in [2.24, 2.45) is 5.92 Å². The predicted molar refractivity (Wildman–Crippen MR) is 119 cm³/mol. The van der Waals surface area contributed by atoms with Crippen molar-refractivity contribution in [2.45, 2.75) is 25.8 Å². The lowest BCUT2D eigenvalue weighted by Crippen LogP contribution is -2.44. The average molecular weight is 439 g/mol. The molecule has 0 spiro atoms. The van der Waals surface area contributed by atoms with Crippen molar-refractivity contribution in [3.8, 4) is 0 Å². The molecule has 0 aliphatic carbocycles. The Bertz CT molecular complexity index is 1020. The third-order valence-corrected chi connectivity index (χ3v) is 6.27. The summed E-state index contributed by atoms with van der Waals surface area (Å²) in [4.78, 5) is 41.0. The van der Waals surface area contributed by atoms with Gasteiger partial charge in [0.15, 0.2) is 0 Å². The van der Waals surface area contributed by atoms with Crippen LogP contribution in [0, 0.1) is 18.7 Å². The lowest BCUT2D eigenvalue weighted by atomic mass is 9.91. The molecule has 2 fully saturated rings. The average Bonchev–Trinajstić information content (AvgIpc) is 3.32. The smallest absolute Gasteiger partial charge is 0.325 e. The molecule has 2 aromatic rings. The minimum atomic E-state index is -1.19. The summed E-state index contributed by atoms with van der Waals surface area (Å²) >= 11 is 0. The van der Waals surface area contributed by atoms with Gasteiger partial charge in [0.2, 0.25) is 5.91 Å². The number of hydrogen-bond donors (Lipinski definition) is 2. The Morgan fingerprint density at radius 2 is 1.84 bits per heavy atom. The second-order valence-corrected chi connectivity index (χ2v) is 8.69. The normalized spacial score (nSPS) is 22.9. The van der Waals surface area contributed by atoms with Crippen LogP contribution in [0.5, 0.6) is 0 Å². The second-order valence-electron chi connectivity index (χ2n) is 8.69. The molecule has 0 saturated carbocycles. The van der Waals surface area contributed by atoms with E-state index in [1.165, 1.54) is 12.1 Å². The van der Waals surface area contributed by atoms with Gasteiger partial charge < -0.3 is 15.5 Å². The molecule has 2 aromatic carbocycles. The van der Waals surface area contributed by atoms with Crippen molar-refractivity contribution < 1.29 is 18.8 Å². The summed E-state index contributed by atoms with van der Waals surface area (Å²) in [6.07, 6.45) is 0.895. The molecule has 2 heterocycles. The third kappa shape index (κ3) is 4.30. The molecule has 2 atom stereocenters. The number of aryl methyl sites for hydroxylation is 1. The van der Waals surface area contributed by atoms with Crippen molar-refractivity contribution in [3.63, 3.8) is 0 Å². The van der Waals surface area contributed by atoms with Crippen molar-refractivity contribution in [1.29, 1.82) is 0 Å². The van der Waals surface area contributed by atoms with Crippen LogP contribution in [0.15, 0.2) is 48.5 Å². The monoisotopic (exact) mass is 438 g/mol. The van der Waals surface area contributed by atoms with E-state index in [1.54, 1.807) is 19.1 Å². The van der Waals surface area contributed by atoms with Crippen LogP contribution >= 0.6 is 0 Å². The summed E-state index contributed by atoms with van der Waals surface area (Å²) in [7, 11) is 0.